The zero-order chi connectivity index (χ0) is 13.1. The summed E-state index contributed by atoms with van der Waals surface area (Å²) in [5, 5.41) is 0. The van der Waals surface area contributed by atoms with Crippen LogP contribution in [-0.2, 0) is 0 Å². The molecular formula is C16H22N2O. The van der Waals surface area contributed by atoms with E-state index < -0.39 is 0 Å². The van der Waals surface area contributed by atoms with Crippen molar-refractivity contribution in [1.82, 2.24) is 9.88 Å². The maximum Gasteiger partial charge on any atom is 0.213 e. The van der Waals surface area contributed by atoms with E-state index >= 15 is 0 Å². The largest absolute Gasteiger partial charge is 0.474 e. The number of rotatable bonds is 4. The van der Waals surface area contributed by atoms with Crippen molar-refractivity contribution in [2.75, 3.05) is 13.1 Å². The molecule has 1 aliphatic carbocycles. The zero-order valence-electron chi connectivity index (χ0n) is 11.4. The Balaban J connectivity index is 1.49. The first kappa shape index (κ1) is 12.7. The van der Waals surface area contributed by atoms with Gasteiger partial charge in [0.25, 0.3) is 0 Å². The summed E-state index contributed by atoms with van der Waals surface area (Å²) in [7, 11) is 0. The highest BCUT2D eigenvalue weighted by Crippen LogP contribution is 2.28. The number of aromatic nitrogens is 1. The number of likely N-dealkylation sites (tertiary alicyclic amines) is 1. The van der Waals surface area contributed by atoms with Gasteiger partial charge in [0.15, 0.2) is 0 Å². The third-order valence-corrected chi connectivity index (χ3v) is 4.35. The molecular weight excluding hydrogens is 236 g/mol. The van der Waals surface area contributed by atoms with Crippen LogP contribution in [0.1, 0.15) is 37.7 Å². The molecule has 2 heterocycles. The van der Waals surface area contributed by atoms with Gasteiger partial charge in [-0.2, -0.15) is 0 Å². The molecule has 1 aromatic rings. The van der Waals surface area contributed by atoms with Crippen LogP contribution >= 0.6 is 0 Å². The van der Waals surface area contributed by atoms with Crippen molar-refractivity contribution < 1.29 is 4.74 Å². The summed E-state index contributed by atoms with van der Waals surface area (Å²) >= 11 is 0. The van der Waals surface area contributed by atoms with Crippen LogP contribution in [0.2, 0.25) is 0 Å². The average molecular weight is 258 g/mol. The number of pyridine rings is 1. The topological polar surface area (TPSA) is 25.4 Å². The van der Waals surface area contributed by atoms with Crippen LogP contribution in [0.5, 0.6) is 5.88 Å². The molecule has 0 bridgehead atoms. The Bertz CT molecular complexity index is 417. The van der Waals surface area contributed by atoms with Crippen molar-refractivity contribution >= 4 is 6.08 Å². The van der Waals surface area contributed by atoms with Crippen LogP contribution in [0.4, 0.5) is 0 Å². The lowest BCUT2D eigenvalue weighted by Gasteiger charge is -2.41. The Morgan fingerprint density at radius 1 is 1.21 bits per heavy atom. The first-order valence-corrected chi connectivity index (χ1v) is 7.34. The molecule has 1 saturated carbocycles. The van der Waals surface area contributed by atoms with E-state index in [1.165, 1.54) is 32.4 Å². The minimum Gasteiger partial charge on any atom is -0.474 e. The quantitative estimate of drug-likeness (QED) is 0.829. The Kier molecular flexibility index (Phi) is 3.83. The van der Waals surface area contributed by atoms with Gasteiger partial charge in [-0.05, 0) is 37.3 Å². The fourth-order valence-corrected chi connectivity index (χ4v) is 2.86. The van der Waals surface area contributed by atoms with Crippen molar-refractivity contribution in [2.24, 2.45) is 0 Å². The van der Waals surface area contributed by atoms with Crippen molar-refractivity contribution in [3.05, 3.63) is 30.5 Å². The highest BCUT2D eigenvalue weighted by Gasteiger charge is 2.29. The van der Waals surface area contributed by atoms with Crippen LogP contribution < -0.4 is 4.74 Å². The molecule has 3 nitrogen and oxygen atoms in total. The van der Waals surface area contributed by atoms with Crippen molar-refractivity contribution in [3.8, 4) is 5.88 Å². The van der Waals surface area contributed by atoms with Crippen LogP contribution in [0.25, 0.3) is 6.08 Å². The van der Waals surface area contributed by atoms with Gasteiger partial charge in [-0.25, -0.2) is 4.98 Å². The molecule has 3 heteroatoms. The second-order valence-electron chi connectivity index (χ2n) is 5.57. The molecule has 1 aromatic heterocycles. The summed E-state index contributed by atoms with van der Waals surface area (Å²) in [5.41, 5.74) is 1.03. The van der Waals surface area contributed by atoms with Gasteiger partial charge in [0.05, 0.1) is 0 Å². The van der Waals surface area contributed by atoms with E-state index in [2.05, 4.69) is 16.5 Å². The molecule has 0 amide bonds. The average Bonchev–Trinajstić information content (AvgIpc) is 2.40. The van der Waals surface area contributed by atoms with Crippen molar-refractivity contribution in [1.29, 1.82) is 0 Å². The molecule has 1 aliphatic heterocycles. The van der Waals surface area contributed by atoms with E-state index in [4.69, 9.17) is 4.74 Å². The summed E-state index contributed by atoms with van der Waals surface area (Å²) in [6.07, 6.45) is 10.4. The highest BCUT2D eigenvalue weighted by atomic mass is 16.5. The van der Waals surface area contributed by atoms with Crippen LogP contribution in [-0.4, -0.2) is 35.1 Å². The third kappa shape index (κ3) is 2.98. The SMILES string of the molecule is C=Cc1ccc(OC2CCN(C3CCC3)CC2)nc1. The first-order chi connectivity index (χ1) is 9.35. The Hall–Kier alpha value is -1.35. The lowest BCUT2D eigenvalue weighted by molar-refractivity contribution is 0.0475. The van der Waals surface area contributed by atoms with Gasteiger partial charge in [-0.15, -0.1) is 0 Å². The lowest BCUT2D eigenvalue weighted by Crippen LogP contribution is -2.46. The number of ether oxygens (including phenoxy) is 1. The van der Waals surface area contributed by atoms with Crippen molar-refractivity contribution in [3.63, 3.8) is 0 Å². The van der Waals surface area contributed by atoms with Crippen molar-refractivity contribution in [2.45, 2.75) is 44.2 Å². The van der Waals surface area contributed by atoms with E-state index in [9.17, 15) is 0 Å². The molecule has 0 aromatic carbocycles. The first-order valence-electron chi connectivity index (χ1n) is 7.34. The maximum atomic E-state index is 5.96. The predicted octanol–water partition coefficient (Wildman–Crippen LogP) is 3.12. The van der Waals surface area contributed by atoms with Gasteiger partial charge in [0.1, 0.15) is 6.10 Å². The smallest absolute Gasteiger partial charge is 0.213 e. The predicted molar refractivity (Wildman–Crippen MR) is 77.2 cm³/mol. The van der Waals surface area contributed by atoms with Gasteiger partial charge in [-0.1, -0.05) is 19.1 Å². The number of piperidine rings is 1. The molecule has 0 N–H and O–H groups in total. The van der Waals surface area contributed by atoms with E-state index in [1.807, 2.05) is 18.3 Å². The summed E-state index contributed by atoms with van der Waals surface area (Å²) < 4.78 is 5.96. The summed E-state index contributed by atoms with van der Waals surface area (Å²) in [5.74, 6) is 0.743. The summed E-state index contributed by atoms with van der Waals surface area (Å²) in [4.78, 5) is 6.95. The second-order valence-corrected chi connectivity index (χ2v) is 5.57. The van der Waals surface area contributed by atoms with Crippen LogP contribution in [0.3, 0.4) is 0 Å². The van der Waals surface area contributed by atoms with E-state index in [-0.39, 0.29) is 0 Å². The standard InChI is InChI=1S/C16H22N2O/c1-2-13-6-7-16(17-12-13)19-15-8-10-18(11-9-15)14-4-3-5-14/h2,6-7,12,14-15H,1,3-5,8-11H2. The minimum absolute atomic E-state index is 0.332. The summed E-state index contributed by atoms with van der Waals surface area (Å²) in [6, 6.07) is 4.81. The van der Waals surface area contributed by atoms with Gasteiger partial charge < -0.3 is 9.64 Å². The molecule has 2 aliphatic rings. The molecule has 1 saturated heterocycles. The monoisotopic (exact) mass is 258 g/mol. The van der Waals surface area contributed by atoms with E-state index in [0.29, 0.717) is 6.10 Å². The van der Waals surface area contributed by atoms with Gasteiger partial charge >= 0.3 is 0 Å². The van der Waals surface area contributed by atoms with Crippen LogP contribution in [0.15, 0.2) is 24.9 Å². The molecule has 3 rings (SSSR count). The normalized spacial score (nSPS) is 21.9. The Morgan fingerprint density at radius 2 is 2.00 bits per heavy atom. The molecule has 0 spiro atoms. The van der Waals surface area contributed by atoms with Gasteiger partial charge in [-0.3, -0.25) is 0 Å². The Labute approximate surface area is 115 Å². The van der Waals surface area contributed by atoms with Gasteiger partial charge in [0.2, 0.25) is 5.88 Å². The lowest BCUT2D eigenvalue weighted by atomic mass is 9.90. The molecule has 0 unspecified atom stereocenters. The second kappa shape index (κ2) is 5.74. The molecule has 2 fully saturated rings. The number of hydrogen-bond acceptors (Lipinski definition) is 3. The maximum absolute atomic E-state index is 5.96. The fraction of sp³-hybridized carbons (Fsp3) is 0.562. The molecule has 102 valence electrons. The zero-order valence-corrected chi connectivity index (χ0v) is 11.4. The van der Waals surface area contributed by atoms with Crippen LogP contribution in [0, 0.1) is 0 Å². The third-order valence-electron chi connectivity index (χ3n) is 4.35. The highest BCUT2D eigenvalue weighted by molar-refractivity contribution is 5.45. The number of nitrogens with zero attached hydrogens (tertiary/aromatic N) is 2. The molecule has 19 heavy (non-hydrogen) atoms. The minimum atomic E-state index is 0.332. The Morgan fingerprint density at radius 3 is 2.53 bits per heavy atom. The van der Waals surface area contributed by atoms with Gasteiger partial charge in [0, 0.05) is 31.4 Å². The summed E-state index contributed by atoms with van der Waals surface area (Å²) in [6.45, 7) is 6.09. The molecule has 0 radical (unpaired) electrons. The number of hydrogen-bond donors (Lipinski definition) is 0. The van der Waals surface area contributed by atoms with E-state index in [0.717, 1.165) is 30.3 Å². The van der Waals surface area contributed by atoms with E-state index in [1.54, 1.807) is 6.08 Å². The fourth-order valence-electron chi connectivity index (χ4n) is 2.86. The molecule has 0 atom stereocenters.